The van der Waals surface area contributed by atoms with E-state index in [1.165, 1.54) is 0 Å². The molecule has 0 saturated heterocycles. The van der Waals surface area contributed by atoms with Crippen molar-refractivity contribution >= 4 is 5.97 Å². The zero-order valence-corrected chi connectivity index (χ0v) is 8.50. The molecule has 0 aliphatic heterocycles. The van der Waals surface area contributed by atoms with Crippen LogP contribution >= 0.6 is 0 Å². The lowest BCUT2D eigenvalue weighted by Gasteiger charge is -2.03. The van der Waals surface area contributed by atoms with Crippen molar-refractivity contribution in [3.63, 3.8) is 0 Å². The average Bonchev–Trinajstić information content (AvgIpc) is 2.25. The first-order chi connectivity index (χ1) is 7.68. The molecule has 0 aliphatic carbocycles. The number of benzene rings is 1. The van der Waals surface area contributed by atoms with E-state index in [0.29, 0.717) is 0 Å². The smallest absolute Gasteiger partial charge is 0.310 e. The highest BCUT2D eigenvalue weighted by molar-refractivity contribution is 5.72. The summed E-state index contributed by atoms with van der Waals surface area (Å²) in [4.78, 5) is 25.0. The average molecular weight is 225 g/mol. The van der Waals surface area contributed by atoms with Crippen LogP contribution < -0.4 is 0 Å². The normalized spacial score (nSPS) is 9.50. The molecular formula is C10H11NO5. The fourth-order valence-electron chi connectivity index (χ4n) is 1.08. The standard InChI is InChI=1S/C10H11NO5/c12-10(15-6-7-16-11(13)14)8-9-4-2-1-3-5-9/h1-5H,6-8H2. The van der Waals surface area contributed by atoms with Crippen LogP contribution in [0.2, 0.25) is 0 Å². The first kappa shape index (κ1) is 12.0. The molecule has 0 N–H and O–H groups in total. The fraction of sp³-hybridized carbons (Fsp3) is 0.300. The Hall–Kier alpha value is -2.11. The van der Waals surface area contributed by atoms with Crippen LogP contribution in [0, 0.1) is 10.1 Å². The molecule has 6 heteroatoms. The largest absolute Gasteiger partial charge is 0.463 e. The monoisotopic (exact) mass is 225 g/mol. The van der Waals surface area contributed by atoms with Crippen molar-refractivity contribution in [2.45, 2.75) is 6.42 Å². The summed E-state index contributed by atoms with van der Waals surface area (Å²) < 4.78 is 4.73. The van der Waals surface area contributed by atoms with Crippen LogP contribution in [0.25, 0.3) is 0 Å². The molecule has 1 aromatic carbocycles. The van der Waals surface area contributed by atoms with E-state index < -0.39 is 11.1 Å². The summed E-state index contributed by atoms with van der Waals surface area (Å²) in [5, 5.41) is 8.85. The van der Waals surface area contributed by atoms with Crippen molar-refractivity contribution in [2.75, 3.05) is 13.2 Å². The zero-order valence-electron chi connectivity index (χ0n) is 8.50. The van der Waals surface area contributed by atoms with Gasteiger partial charge in [-0.1, -0.05) is 30.3 Å². The predicted molar refractivity (Wildman–Crippen MR) is 54.1 cm³/mol. The molecule has 6 nitrogen and oxygen atoms in total. The van der Waals surface area contributed by atoms with Gasteiger partial charge < -0.3 is 9.57 Å². The van der Waals surface area contributed by atoms with E-state index in [1.807, 2.05) is 18.2 Å². The summed E-state index contributed by atoms with van der Waals surface area (Å²) in [7, 11) is 0. The van der Waals surface area contributed by atoms with Gasteiger partial charge in [0.25, 0.3) is 5.09 Å². The Kier molecular flexibility index (Phi) is 4.78. The Morgan fingerprint density at radius 3 is 2.56 bits per heavy atom. The molecular weight excluding hydrogens is 214 g/mol. The molecule has 0 radical (unpaired) electrons. The highest BCUT2D eigenvalue weighted by Crippen LogP contribution is 2.00. The lowest BCUT2D eigenvalue weighted by molar-refractivity contribution is -0.757. The number of nitrogens with zero attached hydrogens (tertiary/aromatic N) is 1. The minimum atomic E-state index is -0.926. The molecule has 0 bridgehead atoms. The number of carbonyl (C=O) groups excluding carboxylic acids is 1. The fourth-order valence-corrected chi connectivity index (χ4v) is 1.08. The van der Waals surface area contributed by atoms with Crippen LogP contribution in [0.5, 0.6) is 0 Å². The third-order valence-electron chi connectivity index (χ3n) is 1.73. The van der Waals surface area contributed by atoms with Gasteiger partial charge in [0, 0.05) is 0 Å². The Labute approximate surface area is 91.9 Å². The molecule has 0 heterocycles. The molecule has 0 atom stereocenters. The highest BCUT2D eigenvalue weighted by atomic mass is 17.0. The van der Waals surface area contributed by atoms with Gasteiger partial charge in [0.15, 0.2) is 0 Å². The van der Waals surface area contributed by atoms with Crippen molar-refractivity contribution in [1.29, 1.82) is 0 Å². The van der Waals surface area contributed by atoms with Crippen molar-refractivity contribution < 1.29 is 19.5 Å². The van der Waals surface area contributed by atoms with Gasteiger partial charge in [-0.15, -0.1) is 10.1 Å². The molecule has 0 spiro atoms. The second-order valence-electron chi connectivity index (χ2n) is 2.94. The number of hydrogen-bond donors (Lipinski definition) is 0. The summed E-state index contributed by atoms with van der Waals surface area (Å²) >= 11 is 0. The SMILES string of the molecule is O=C(Cc1ccccc1)OCCO[N+](=O)[O-]. The van der Waals surface area contributed by atoms with Crippen molar-refractivity contribution in [1.82, 2.24) is 0 Å². The van der Waals surface area contributed by atoms with Crippen molar-refractivity contribution in [3.05, 3.63) is 46.0 Å². The third kappa shape index (κ3) is 4.94. The highest BCUT2D eigenvalue weighted by Gasteiger charge is 2.04. The van der Waals surface area contributed by atoms with Gasteiger partial charge in [-0.05, 0) is 5.56 Å². The van der Waals surface area contributed by atoms with Gasteiger partial charge in [-0.2, -0.15) is 0 Å². The zero-order chi connectivity index (χ0) is 11.8. The molecule has 1 aromatic rings. The van der Waals surface area contributed by atoms with Gasteiger partial charge in [0.1, 0.15) is 13.2 Å². The Morgan fingerprint density at radius 2 is 1.94 bits per heavy atom. The number of rotatable bonds is 6. The number of carbonyl (C=O) groups is 1. The van der Waals surface area contributed by atoms with E-state index in [0.717, 1.165) is 5.56 Å². The van der Waals surface area contributed by atoms with E-state index in [9.17, 15) is 14.9 Å². The number of hydrogen-bond acceptors (Lipinski definition) is 5. The van der Waals surface area contributed by atoms with Crippen LogP contribution in [0.4, 0.5) is 0 Å². The molecule has 0 saturated carbocycles. The van der Waals surface area contributed by atoms with Gasteiger partial charge in [0.2, 0.25) is 0 Å². The quantitative estimate of drug-likeness (QED) is 0.312. The van der Waals surface area contributed by atoms with Crippen LogP contribution in [-0.4, -0.2) is 24.3 Å². The minimum absolute atomic E-state index is 0.118. The van der Waals surface area contributed by atoms with Gasteiger partial charge in [-0.3, -0.25) is 4.79 Å². The molecule has 0 aliphatic rings. The lowest BCUT2D eigenvalue weighted by Crippen LogP contribution is -2.14. The van der Waals surface area contributed by atoms with Crippen LogP contribution in [0.15, 0.2) is 30.3 Å². The van der Waals surface area contributed by atoms with E-state index >= 15 is 0 Å². The van der Waals surface area contributed by atoms with Gasteiger partial charge in [0.05, 0.1) is 6.42 Å². The summed E-state index contributed by atoms with van der Waals surface area (Å²) in [5.41, 5.74) is 0.836. The number of ether oxygens (including phenoxy) is 1. The molecule has 16 heavy (non-hydrogen) atoms. The van der Waals surface area contributed by atoms with E-state index in [2.05, 4.69) is 4.84 Å². The van der Waals surface area contributed by atoms with Crippen LogP contribution in [0.3, 0.4) is 0 Å². The Bertz CT molecular complexity index is 351. The van der Waals surface area contributed by atoms with Crippen LogP contribution in [-0.2, 0) is 20.8 Å². The first-order valence-electron chi connectivity index (χ1n) is 4.65. The molecule has 1 rings (SSSR count). The van der Waals surface area contributed by atoms with Crippen molar-refractivity contribution in [3.8, 4) is 0 Å². The van der Waals surface area contributed by atoms with Crippen molar-refractivity contribution in [2.24, 2.45) is 0 Å². The summed E-state index contributed by atoms with van der Waals surface area (Å²) in [6.07, 6.45) is 0.152. The first-order valence-corrected chi connectivity index (χ1v) is 4.65. The maximum atomic E-state index is 11.2. The third-order valence-corrected chi connectivity index (χ3v) is 1.73. The van der Waals surface area contributed by atoms with E-state index in [1.54, 1.807) is 12.1 Å². The topological polar surface area (TPSA) is 78.7 Å². The molecule has 0 amide bonds. The number of esters is 1. The predicted octanol–water partition coefficient (Wildman–Crippen LogP) is 0.981. The van der Waals surface area contributed by atoms with Gasteiger partial charge >= 0.3 is 5.97 Å². The molecule has 86 valence electrons. The summed E-state index contributed by atoms with van der Waals surface area (Å²) in [5.74, 6) is -0.432. The van der Waals surface area contributed by atoms with Gasteiger partial charge in [-0.25, -0.2) is 0 Å². The second-order valence-corrected chi connectivity index (χ2v) is 2.94. The molecule has 0 aromatic heterocycles. The maximum absolute atomic E-state index is 11.2. The van der Waals surface area contributed by atoms with E-state index in [-0.39, 0.29) is 19.6 Å². The lowest BCUT2D eigenvalue weighted by atomic mass is 10.2. The maximum Gasteiger partial charge on any atom is 0.310 e. The minimum Gasteiger partial charge on any atom is -0.463 e. The molecule has 0 unspecified atom stereocenters. The second kappa shape index (κ2) is 6.39. The van der Waals surface area contributed by atoms with E-state index in [4.69, 9.17) is 4.74 Å². The summed E-state index contributed by atoms with van der Waals surface area (Å²) in [6, 6.07) is 9.08. The Morgan fingerprint density at radius 1 is 1.25 bits per heavy atom. The summed E-state index contributed by atoms with van der Waals surface area (Å²) in [6.45, 7) is -0.361. The molecule has 0 fully saturated rings. The van der Waals surface area contributed by atoms with Crippen LogP contribution in [0.1, 0.15) is 5.56 Å². The Balaban J connectivity index is 2.19.